The summed E-state index contributed by atoms with van der Waals surface area (Å²) in [6, 6.07) is 20.5. The molecule has 2 atom stereocenters. The quantitative estimate of drug-likeness (QED) is 0.530. The van der Waals surface area contributed by atoms with Crippen molar-refractivity contribution in [2.45, 2.75) is 51.5 Å². The molecule has 4 rings (SSSR count). The SMILES string of the molecule is Cc1cn([C@H]2C[C](O)[C@@H](CO[Si](c3ccccc3)(c3ccccc3)C(C)(C)C)O2)c(=O)[nH]c1=O. The third-order valence-electron chi connectivity index (χ3n) is 6.40. The van der Waals surface area contributed by atoms with E-state index in [0.717, 1.165) is 10.4 Å². The molecule has 2 heterocycles. The van der Waals surface area contributed by atoms with Crippen molar-refractivity contribution in [2.75, 3.05) is 6.61 Å². The molecular formula is C26H31N2O5Si. The highest BCUT2D eigenvalue weighted by molar-refractivity contribution is 6.99. The van der Waals surface area contributed by atoms with Gasteiger partial charge in [-0.1, -0.05) is 81.4 Å². The molecule has 2 aromatic carbocycles. The van der Waals surface area contributed by atoms with Crippen LogP contribution >= 0.6 is 0 Å². The number of aryl methyl sites for hydroxylation is 1. The number of hydrogen-bond donors (Lipinski definition) is 2. The van der Waals surface area contributed by atoms with Gasteiger partial charge in [0.15, 0.2) is 0 Å². The van der Waals surface area contributed by atoms with Gasteiger partial charge < -0.3 is 14.3 Å². The van der Waals surface area contributed by atoms with Gasteiger partial charge in [0.05, 0.1) is 6.61 Å². The number of hydrogen-bond acceptors (Lipinski definition) is 5. The number of rotatable bonds is 6. The van der Waals surface area contributed by atoms with Gasteiger partial charge in [0, 0.05) is 18.2 Å². The van der Waals surface area contributed by atoms with E-state index in [4.69, 9.17) is 9.16 Å². The predicted molar refractivity (Wildman–Crippen MR) is 133 cm³/mol. The first-order chi connectivity index (χ1) is 16.1. The summed E-state index contributed by atoms with van der Waals surface area (Å²) in [5.41, 5.74) is -0.601. The standard InChI is InChI=1S/C26H31N2O5Si/c1-18-16-28(25(31)27-24(18)30)23-15-21(29)22(33-23)17-32-34(26(2,3)4,19-11-7-5-8-12-19)20-13-9-6-10-14-20/h5-14,16,22-23,29H,15,17H2,1-4H3,(H,27,30,31)/t22-,23-/m1/s1. The Bertz CT molecular complexity index is 1190. The Hall–Kier alpha value is -2.78. The molecule has 3 aromatic rings. The molecule has 7 nitrogen and oxygen atoms in total. The summed E-state index contributed by atoms with van der Waals surface area (Å²) in [5.74, 6) is 0. The second-order valence-electron chi connectivity index (χ2n) is 9.73. The maximum atomic E-state index is 12.3. The number of H-pyrrole nitrogens is 1. The Labute approximate surface area is 200 Å². The Kier molecular flexibility index (Phi) is 6.77. The topological polar surface area (TPSA) is 93.6 Å². The van der Waals surface area contributed by atoms with Gasteiger partial charge in [0.25, 0.3) is 13.9 Å². The van der Waals surface area contributed by atoms with Crippen molar-refractivity contribution >= 4 is 18.7 Å². The first-order valence-corrected chi connectivity index (χ1v) is 13.3. The normalized spacial score (nSPS) is 19.4. The number of nitrogens with one attached hydrogen (secondary N) is 1. The summed E-state index contributed by atoms with van der Waals surface area (Å²) < 4.78 is 14.2. The fourth-order valence-corrected chi connectivity index (χ4v) is 9.25. The third-order valence-corrected chi connectivity index (χ3v) is 11.4. The summed E-state index contributed by atoms with van der Waals surface area (Å²) in [5, 5.41) is 12.8. The Balaban J connectivity index is 1.66. The Morgan fingerprint density at radius 3 is 2.15 bits per heavy atom. The lowest BCUT2D eigenvalue weighted by Crippen LogP contribution is -2.67. The molecular weight excluding hydrogens is 448 g/mol. The van der Waals surface area contributed by atoms with Crippen LogP contribution in [0.3, 0.4) is 0 Å². The molecule has 0 aliphatic carbocycles. The van der Waals surface area contributed by atoms with Crippen LogP contribution in [0.5, 0.6) is 0 Å². The van der Waals surface area contributed by atoms with Crippen molar-refractivity contribution in [1.82, 2.24) is 9.55 Å². The lowest BCUT2D eigenvalue weighted by molar-refractivity contribution is -0.0276. The van der Waals surface area contributed by atoms with Crippen molar-refractivity contribution in [3.05, 3.63) is 99.4 Å². The van der Waals surface area contributed by atoms with E-state index in [0.29, 0.717) is 5.56 Å². The fourth-order valence-electron chi connectivity index (χ4n) is 4.69. The Morgan fingerprint density at radius 1 is 1.06 bits per heavy atom. The zero-order chi connectivity index (χ0) is 24.5. The first kappa shape index (κ1) is 24.3. The number of ether oxygens (including phenoxy) is 1. The van der Waals surface area contributed by atoms with Crippen molar-refractivity contribution < 1.29 is 14.3 Å². The van der Waals surface area contributed by atoms with E-state index in [1.54, 1.807) is 6.92 Å². The molecule has 0 saturated carbocycles. The molecule has 1 fully saturated rings. The molecule has 1 saturated heterocycles. The van der Waals surface area contributed by atoms with Crippen LogP contribution in [0.4, 0.5) is 0 Å². The minimum absolute atomic E-state index is 0.124. The van der Waals surface area contributed by atoms with Crippen molar-refractivity contribution in [3.8, 4) is 0 Å². The number of aromatic amines is 1. The average molecular weight is 480 g/mol. The molecule has 1 aromatic heterocycles. The summed E-state index contributed by atoms with van der Waals surface area (Å²) in [4.78, 5) is 26.3. The van der Waals surface area contributed by atoms with Crippen molar-refractivity contribution in [2.24, 2.45) is 0 Å². The molecule has 34 heavy (non-hydrogen) atoms. The highest BCUT2D eigenvalue weighted by atomic mass is 28.4. The predicted octanol–water partition coefficient (Wildman–Crippen LogP) is 2.61. The lowest BCUT2D eigenvalue weighted by Gasteiger charge is -2.43. The molecule has 0 bridgehead atoms. The van der Waals surface area contributed by atoms with Crippen LogP contribution in [0.25, 0.3) is 0 Å². The second kappa shape index (κ2) is 9.46. The highest BCUT2D eigenvalue weighted by Crippen LogP contribution is 2.39. The van der Waals surface area contributed by atoms with Gasteiger partial charge in [-0.15, -0.1) is 0 Å². The largest absolute Gasteiger partial charge is 0.405 e. The smallest absolute Gasteiger partial charge is 0.330 e. The second-order valence-corrected chi connectivity index (χ2v) is 14.0. The minimum atomic E-state index is -2.80. The van der Waals surface area contributed by atoms with Gasteiger partial charge in [-0.25, -0.2) is 4.79 Å². The van der Waals surface area contributed by atoms with Crippen LogP contribution in [0.15, 0.2) is 76.4 Å². The van der Waals surface area contributed by atoms with Crippen molar-refractivity contribution in [1.29, 1.82) is 0 Å². The van der Waals surface area contributed by atoms with E-state index in [1.807, 2.05) is 36.4 Å². The van der Waals surface area contributed by atoms with Crippen LogP contribution in [-0.2, 0) is 9.16 Å². The summed E-state index contributed by atoms with van der Waals surface area (Å²) in [6.45, 7) is 8.32. The number of benzene rings is 2. The van der Waals surface area contributed by atoms with Crippen LogP contribution in [-0.4, -0.2) is 35.7 Å². The highest BCUT2D eigenvalue weighted by Gasteiger charge is 2.51. The van der Waals surface area contributed by atoms with Crippen LogP contribution < -0.4 is 21.6 Å². The van der Waals surface area contributed by atoms with E-state index in [1.165, 1.54) is 10.8 Å². The van der Waals surface area contributed by atoms with E-state index in [2.05, 4.69) is 50.0 Å². The molecule has 1 aliphatic heterocycles. The Morgan fingerprint density at radius 2 is 1.62 bits per heavy atom. The molecule has 1 radical (unpaired) electrons. The third kappa shape index (κ3) is 4.46. The monoisotopic (exact) mass is 479 g/mol. The average Bonchev–Trinajstić information content (AvgIpc) is 3.17. The lowest BCUT2D eigenvalue weighted by atomic mass is 10.2. The number of aliphatic hydroxyl groups is 1. The zero-order valence-electron chi connectivity index (χ0n) is 19.9. The minimum Gasteiger partial charge on any atom is -0.405 e. The maximum Gasteiger partial charge on any atom is 0.330 e. The van der Waals surface area contributed by atoms with Crippen LogP contribution in [0.1, 0.15) is 39.0 Å². The van der Waals surface area contributed by atoms with E-state index < -0.39 is 31.9 Å². The molecule has 0 amide bonds. The van der Waals surface area contributed by atoms with Crippen LogP contribution in [0, 0.1) is 13.0 Å². The zero-order valence-corrected chi connectivity index (χ0v) is 20.9. The van der Waals surface area contributed by atoms with Gasteiger partial charge in [0.1, 0.15) is 18.4 Å². The van der Waals surface area contributed by atoms with E-state index in [9.17, 15) is 14.7 Å². The molecule has 179 valence electrons. The summed E-state index contributed by atoms with van der Waals surface area (Å²) >= 11 is 0. The summed E-state index contributed by atoms with van der Waals surface area (Å²) in [6.07, 6.45) is 0.338. The first-order valence-electron chi connectivity index (χ1n) is 11.4. The molecule has 0 unspecified atom stereocenters. The van der Waals surface area contributed by atoms with E-state index >= 15 is 0 Å². The maximum absolute atomic E-state index is 12.3. The number of nitrogens with zero attached hydrogens (tertiary/aromatic N) is 1. The van der Waals surface area contributed by atoms with Gasteiger partial charge in [-0.3, -0.25) is 14.3 Å². The molecule has 2 N–H and O–H groups in total. The number of aliphatic hydroxyl groups excluding tert-OH is 1. The molecule has 1 aliphatic rings. The molecule has 8 heteroatoms. The van der Waals surface area contributed by atoms with E-state index in [-0.39, 0.29) is 24.2 Å². The van der Waals surface area contributed by atoms with Gasteiger partial charge in [-0.2, -0.15) is 0 Å². The van der Waals surface area contributed by atoms with Crippen LogP contribution in [0.2, 0.25) is 5.04 Å². The van der Waals surface area contributed by atoms with Gasteiger partial charge in [0.2, 0.25) is 0 Å². The summed E-state index contributed by atoms with van der Waals surface area (Å²) in [7, 11) is -2.80. The number of aromatic nitrogens is 2. The van der Waals surface area contributed by atoms with Gasteiger partial charge in [-0.05, 0) is 22.3 Å². The molecule has 0 spiro atoms. The fraction of sp³-hybridized carbons (Fsp3) is 0.346. The van der Waals surface area contributed by atoms with Crippen molar-refractivity contribution in [3.63, 3.8) is 0 Å². The van der Waals surface area contributed by atoms with Gasteiger partial charge >= 0.3 is 5.69 Å².